The normalized spacial score (nSPS) is 12.1. The highest BCUT2D eigenvalue weighted by atomic mass is 19.1. The van der Waals surface area contributed by atoms with Gasteiger partial charge in [-0.15, -0.1) is 0 Å². The predicted octanol–water partition coefficient (Wildman–Crippen LogP) is 3.58. The van der Waals surface area contributed by atoms with Crippen molar-refractivity contribution in [2.45, 2.75) is 13.0 Å². The van der Waals surface area contributed by atoms with Crippen LogP contribution >= 0.6 is 0 Å². The smallest absolute Gasteiger partial charge is 0.153 e. The molecule has 0 amide bonds. The number of hydrogen-bond acceptors (Lipinski definition) is 3. The fraction of sp³-hybridized carbons (Fsp3) is 0.125. The number of benzene rings is 1. The van der Waals surface area contributed by atoms with Crippen LogP contribution < -0.4 is 5.32 Å². The summed E-state index contributed by atoms with van der Waals surface area (Å²) >= 11 is 0. The number of rotatable bonds is 4. The van der Waals surface area contributed by atoms with Gasteiger partial charge in [-0.25, -0.2) is 14.1 Å². The van der Waals surface area contributed by atoms with Gasteiger partial charge in [0.25, 0.3) is 0 Å². The summed E-state index contributed by atoms with van der Waals surface area (Å²) in [4.78, 5) is 4.35. The number of halogens is 1. The average molecular weight is 282 g/mol. The van der Waals surface area contributed by atoms with Crippen molar-refractivity contribution in [3.63, 3.8) is 0 Å². The van der Waals surface area contributed by atoms with Crippen LogP contribution in [0, 0.1) is 5.82 Å². The molecular weight excluding hydrogens is 267 g/mol. The molecule has 2 aromatic heterocycles. The Balaban J connectivity index is 1.73. The molecule has 1 unspecified atom stereocenters. The quantitative estimate of drug-likeness (QED) is 0.795. The predicted molar refractivity (Wildman–Crippen MR) is 79.8 cm³/mol. The van der Waals surface area contributed by atoms with Gasteiger partial charge in [-0.3, -0.25) is 0 Å². The van der Waals surface area contributed by atoms with Gasteiger partial charge in [0.1, 0.15) is 5.82 Å². The number of nitrogens with zero attached hydrogens (tertiary/aromatic N) is 3. The Bertz CT molecular complexity index is 707. The van der Waals surface area contributed by atoms with Gasteiger partial charge in [-0.2, -0.15) is 5.10 Å². The lowest BCUT2D eigenvalue weighted by Gasteiger charge is -2.15. The number of aromatic nitrogens is 3. The highest BCUT2D eigenvalue weighted by molar-refractivity contribution is 5.45. The van der Waals surface area contributed by atoms with Crippen LogP contribution in [0.25, 0.3) is 5.82 Å². The summed E-state index contributed by atoms with van der Waals surface area (Å²) in [5.41, 5.74) is 1.77. The average Bonchev–Trinajstić information content (AvgIpc) is 3.02. The SMILES string of the molecule is CC(Nc1ccc(-n2cccn2)nc1)c1cccc(F)c1. The van der Waals surface area contributed by atoms with E-state index in [1.54, 1.807) is 23.1 Å². The molecule has 1 N–H and O–H groups in total. The zero-order valence-electron chi connectivity index (χ0n) is 11.6. The summed E-state index contributed by atoms with van der Waals surface area (Å²) in [6.07, 6.45) is 5.29. The van der Waals surface area contributed by atoms with Crippen LogP contribution in [0.5, 0.6) is 0 Å². The van der Waals surface area contributed by atoms with Crippen molar-refractivity contribution in [1.29, 1.82) is 0 Å². The molecule has 3 aromatic rings. The van der Waals surface area contributed by atoms with Gasteiger partial charge in [-0.1, -0.05) is 12.1 Å². The van der Waals surface area contributed by atoms with Crippen LogP contribution in [-0.2, 0) is 0 Å². The van der Waals surface area contributed by atoms with Crippen molar-refractivity contribution >= 4 is 5.69 Å². The van der Waals surface area contributed by atoms with E-state index in [-0.39, 0.29) is 11.9 Å². The number of nitrogens with one attached hydrogen (secondary N) is 1. The summed E-state index contributed by atoms with van der Waals surface area (Å²) < 4.78 is 14.9. The first-order chi connectivity index (χ1) is 10.2. The van der Waals surface area contributed by atoms with Crippen molar-refractivity contribution in [1.82, 2.24) is 14.8 Å². The van der Waals surface area contributed by atoms with E-state index in [4.69, 9.17) is 0 Å². The van der Waals surface area contributed by atoms with Gasteiger partial charge in [0.15, 0.2) is 5.82 Å². The monoisotopic (exact) mass is 282 g/mol. The van der Waals surface area contributed by atoms with Gasteiger partial charge in [0.2, 0.25) is 0 Å². The zero-order chi connectivity index (χ0) is 14.7. The minimum atomic E-state index is -0.228. The third-order valence-corrected chi connectivity index (χ3v) is 3.22. The van der Waals surface area contributed by atoms with Gasteiger partial charge >= 0.3 is 0 Å². The minimum absolute atomic E-state index is 0.00180. The molecule has 21 heavy (non-hydrogen) atoms. The van der Waals surface area contributed by atoms with Gasteiger partial charge in [0, 0.05) is 18.4 Å². The molecule has 3 rings (SSSR count). The van der Waals surface area contributed by atoms with E-state index in [1.807, 2.05) is 37.4 Å². The lowest BCUT2D eigenvalue weighted by molar-refractivity contribution is 0.623. The van der Waals surface area contributed by atoms with E-state index in [1.165, 1.54) is 12.1 Å². The van der Waals surface area contributed by atoms with Crippen molar-refractivity contribution < 1.29 is 4.39 Å². The molecular formula is C16H15FN4. The third-order valence-electron chi connectivity index (χ3n) is 3.22. The maximum absolute atomic E-state index is 13.2. The Morgan fingerprint density at radius 3 is 2.76 bits per heavy atom. The first-order valence-corrected chi connectivity index (χ1v) is 6.70. The summed E-state index contributed by atoms with van der Waals surface area (Å²) in [6.45, 7) is 1.98. The molecule has 0 fully saturated rings. The minimum Gasteiger partial charge on any atom is -0.377 e. The molecule has 4 nitrogen and oxygen atoms in total. The summed E-state index contributed by atoms with van der Waals surface area (Å²) in [5, 5.41) is 7.43. The lowest BCUT2D eigenvalue weighted by atomic mass is 10.1. The molecule has 0 saturated heterocycles. The summed E-state index contributed by atoms with van der Waals surface area (Å²) in [7, 11) is 0. The number of pyridine rings is 1. The molecule has 106 valence electrons. The second kappa shape index (κ2) is 5.75. The van der Waals surface area contributed by atoms with E-state index in [9.17, 15) is 4.39 Å². The Hall–Kier alpha value is -2.69. The molecule has 0 bridgehead atoms. The van der Waals surface area contributed by atoms with Crippen molar-refractivity contribution in [3.8, 4) is 5.82 Å². The van der Waals surface area contributed by atoms with Crippen LogP contribution in [0.1, 0.15) is 18.5 Å². The highest BCUT2D eigenvalue weighted by Crippen LogP contribution is 2.19. The van der Waals surface area contributed by atoms with Crippen LogP contribution in [0.15, 0.2) is 61.1 Å². The fourth-order valence-electron chi connectivity index (χ4n) is 2.12. The van der Waals surface area contributed by atoms with Crippen LogP contribution in [0.3, 0.4) is 0 Å². The molecule has 1 aromatic carbocycles. The number of hydrogen-bond donors (Lipinski definition) is 1. The van der Waals surface area contributed by atoms with Crippen LogP contribution in [0.4, 0.5) is 10.1 Å². The number of anilines is 1. The van der Waals surface area contributed by atoms with E-state index < -0.39 is 0 Å². The Morgan fingerprint density at radius 2 is 2.10 bits per heavy atom. The molecule has 1 atom stereocenters. The lowest BCUT2D eigenvalue weighted by Crippen LogP contribution is -2.07. The van der Waals surface area contributed by atoms with Gasteiger partial charge in [0.05, 0.1) is 11.9 Å². The summed E-state index contributed by atoms with van der Waals surface area (Å²) in [6, 6.07) is 12.2. The van der Waals surface area contributed by atoms with Crippen LogP contribution in [-0.4, -0.2) is 14.8 Å². The first-order valence-electron chi connectivity index (χ1n) is 6.70. The van der Waals surface area contributed by atoms with Crippen LogP contribution in [0.2, 0.25) is 0 Å². The molecule has 0 aliphatic rings. The zero-order valence-corrected chi connectivity index (χ0v) is 11.6. The maximum Gasteiger partial charge on any atom is 0.153 e. The van der Waals surface area contributed by atoms with Gasteiger partial charge in [-0.05, 0) is 42.8 Å². The third kappa shape index (κ3) is 3.08. The first kappa shape index (κ1) is 13.3. The molecule has 0 radical (unpaired) electrons. The fourth-order valence-corrected chi connectivity index (χ4v) is 2.12. The standard InChI is InChI=1S/C16H15FN4/c1-12(13-4-2-5-14(17)10-13)20-15-6-7-16(18-11-15)21-9-3-8-19-21/h2-12,20H,1H3. The van der Waals surface area contributed by atoms with Gasteiger partial charge < -0.3 is 5.32 Å². The maximum atomic E-state index is 13.2. The Morgan fingerprint density at radius 1 is 1.19 bits per heavy atom. The molecule has 0 aliphatic heterocycles. The van der Waals surface area contributed by atoms with Crippen molar-refractivity contribution in [2.24, 2.45) is 0 Å². The molecule has 2 heterocycles. The molecule has 0 saturated carbocycles. The molecule has 0 aliphatic carbocycles. The van der Waals surface area contributed by atoms with E-state index in [0.717, 1.165) is 17.1 Å². The Kier molecular flexibility index (Phi) is 3.64. The van der Waals surface area contributed by atoms with E-state index >= 15 is 0 Å². The molecule has 0 spiro atoms. The largest absolute Gasteiger partial charge is 0.377 e. The summed E-state index contributed by atoms with van der Waals surface area (Å²) in [5.74, 6) is 0.525. The van der Waals surface area contributed by atoms with E-state index in [2.05, 4.69) is 15.4 Å². The second-order valence-electron chi connectivity index (χ2n) is 4.78. The van der Waals surface area contributed by atoms with Crippen molar-refractivity contribution in [3.05, 3.63) is 72.4 Å². The van der Waals surface area contributed by atoms with Crippen molar-refractivity contribution in [2.75, 3.05) is 5.32 Å². The highest BCUT2D eigenvalue weighted by Gasteiger charge is 2.06. The molecule has 5 heteroatoms. The Labute approximate surface area is 122 Å². The topological polar surface area (TPSA) is 42.7 Å². The second-order valence-corrected chi connectivity index (χ2v) is 4.78. The van der Waals surface area contributed by atoms with E-state index in [0.29, 0.717) is 0 Å².